The molecule has 0 atom stereocenters. The van der Waals surface area contributed by atoms with E-state index in [0.29, 0.717) is 10.2 Å². The molecule has 0 amide bonds. The second kappa shape index (κ2) is 5.57. The van der Waals surface area contributed by atoms with Crippen LogP contribution in [0.3, 0.4) is 0 Å². The number of benzene rings is 2. The molecule has 0 spiro atoms. The van der Waals surface area contributed by atoms with Crippen molar-refractivity contribution in [1.82, 2.24) is 0 Å². The molecular formula is C14H12BrF2NO. The minimum absolute atomic E-state index is 0.128. The van der Waals surface area contributed by atoms with Gasteiger partial charge in [0.15, 0.2) is 11.6 Å². The Balaban J connectivity index is 2.16. The molecule has 0 aliphatic heterocycles. The molecule has 0 heterocycles. The van der Waals surface area contributed by atoms with Crippen molar-refractivity contribution < 1.29 is 13.5 Å². The number of aryl methyl sites for hydroxylation is 1. The van der Waals surface area contributed by atoms with Crippen molar-refractivity contribution in [3.8, 4) is 5.75 Å². The summed E-state index contributed by atoms with van der Waals surface area (Å²) in [5, 5.41) is 0. The van der Waals surface area contributed by atoms with E-state index >= 15 is 0 Å². The van der Waals surface area contributed by atoms with Gasteiger partial charge in [0.2, 0.25) is 0 Å². The Labute approximate surface area is 118 Å². The zero-order valence-corrected chi connectivity index (χ0v) is 11.8. The Hall–Kier alpha value is -1.62. The topological polar surface area (TPSA) is 35.2 Å². The monoisotopic (exact) mass is 327 g/mol. The number of rotatable bonds is 3. The third-order valence-electron chi connectivity index (χ3n) is 2.72. The molecule has 0 radical (unpaired) electrons. The molecule has 0 aliphatic rings. The number of nitrogens with two attached hydrogens (primary N) is 1. The molecule has 0 bridgehead atoms. The van der Waals surface area contributed by atoms with E-state index in [1.54, 1.807) is 19.1 Å². The standard InChI is InChI=1S/C14H12BrF2NO/c1-8-4-14(12(17)6-13(8)18)19-7-9-2-3-10(16)5-11(9)15/h2-6H,7,18H2,1H3. The van der Waals surface area contributed by atoms with Crippen LogP contribution in [0.5, 0.6) is 5.75 Å². The molecule has 0 saturated carbocycles. The van der Waals surface area contributed by atoms with Gasteiger partial charge in [-0.25, -0.2) is 8.78 Å². The van der Waals surface area contributed by atoms with E-state index in [2.05, 4.69) is 15.9 Å². The molecule has 2 N–H and O–H groups in total. The molecular weight excluding hydrogens is 316 g/mol. The summed E-state index contributed by atoms with van der Waals surface area (Å²) >= 11 is 3.23. The smallest absolute Gasteiger partial charge is 0.167 e. The molecule has 0 aromatic heterocycles. The summed E-state index contributed by atoms with van der Waals surface area (Å²) in [6.45, 7) is 1.91. The van der Waals surface area contributed by atoms with Gasteiger partial charge >= 0.3 is 0 Å². The zero-order valence-electron chi connectivity index (χ0n) is 10.2. The molecule has 0 aliphatic carbocycles. The summed E-state index contributed by atoms with van der Waals surface area (Å²) in [5.74, 6) is -0.727. The average molecular weight is 328 g/mol. The van der Waals surface area contributed by atoms with E-state index in [0.717, 1.165) is 11.1 Å². The molecule has 2 aromatic carbocycles. The Bertz CT molecular complexity index is 617. The zero-order chi connectivity index (χ0) is 14.0. The van der Waals surface area contributed by atoms with E-state index in [9.17, 15) is 8.78 Å². The summed E-state index contributed by atoms with van der Waals surface area (Å²) < 4.78 is 32.5. The van der Waals surface area contributed by atoms with Crippen LogP contribution >= 0.6 is 15.9 Å². The first-order valence-electron chi connectivity index (χ1n) is 5.59. The van der Waals surface area contributed by atoms with Gasteiger partial charge in [0, 0.05) is 21.8 Å². The molecule has 2 nitrogen and oxygen atoms in total. The highest BCUT2D eigenvalue weighted by Crippen LogP contribution is 2.25. The van der Waals surface area contributed by atoms with Gasteiger partial charge < -0.3 is 10.5 Å². The van der Waals surface area contributed by atoms with Crippen LogP contribution in [0.4, 0.5) is 14.5 Å². The number of anilines is 1. The maximum atomic E-state index is 13.6. The third kappa shape index (κ3) is 3.23. The fourth-order valence-corrected chi connectivity index (χ4v) is 2.04. The molecule has 2 rings (SSSR count). The van der Waals surface area contributed by atoms with Crippen molar-refractivity contribution in [2.45, 2.75) is 13.5 Å². The van der Waals surface area contributed by atoms with E-state index < -0.39 is 5.82 Å². The van der Waals surface area contributed by atoms with E-state index in [1.165, 1.54) is 18.2 Å². The highest BCUT2D eigenvalue weighted by molar-refractivity contribution is 9.10. The highest BCUT2D eigenvalue weighted by Gasteiger charge is 2.08. The van der Waals surface area contributed by atoms with E-state index in [4.69, 9.17) is 10.5 Å². The van der Waals surface area contributed by atoms with Gasteiger partial charge in [-0.3, -0.25) is 0 Å². The number of ether oxygens (including phenoxy) is 1. The molecule has 5 heteroatoms. The number of hydrogen-bond acceptors (Lipinski definition) is 2. The Morgan fingerprint density at radius 1 is 1.21 bits per heavy atom. The first-order valence-corrected chi connectivity index (χ1v) is 6.39. The van der Waals surface area contributed by atoms with Gasteiger partial charge in [-0.05, 0) is 30.7 Å². The van der Waals surface area contributed by atoms with Crippen LogP contribution in [0.2, 0.25) is 0 Å². The largest absolute Gasteiger partial charge is 0.486 e. The molecule has 0 saturated heterocycles. The predicted octanol–water partition coefficient (Wildman–Crippen LogP) is 4.20. The molecule has 2 aromatic rings. The number of nitrogen functional groups attached to an aromatic ring is 1. The van der Waals surface area contributed by atoms with Gasteiger partial charge in [-0.1, -0.05) is 22.0 Å². The Morgan fingerprint density at radius 3 is 2.63 bits per heavy atom. The first kappa shape index (κ1) is 13.8. The second-order valence-corrected chi connectivity index (χ2v) is 5.02. The maximum Gasteiger partial charge on any atom is 0.167 e. The number of halogens is 3. The Kier molecular flexibility index (Phi) is 4.04. The van der Waals surface area contributed by atoms with Gasteiger partial charge in [0.25, 0.3) is 0 Å². The average Bonchev–Trinajstić information content (AvgIpc) is 2.34. The summed E-state index contributed by atoms with van der Waals surface area (Å²) in [6, 6.07) is 7.02. The lowest BCUT2D eigenvalue weighted by Crippen LogP contribution is -2.00. The van der Waals surface area contributed by atoms with Crippen LogP contribution in [0.1, 0.15) is 11.1 Å². The second-order valence-electron chi connectivity index (χ2n) is 4.16. The number of hydrogen-bond donors (Lipinski definition) is 1. The quantitative estimate of drug-likeness (QED) is 0.857. The normalized spacial score (nSPS) is 10.5. The highest BCUT2D eigenvalue weighted by atomic mass is 79.9. The molecule has 100 valence electrons. The SMILES string of the molecule is Cc1cc(OCc2ccc(F)cc2Br)c(F)cc1N. The van der Waals surface area contributed by atoms with Gasteiger partial charge in [-0.15, -0.1) is 0 Å². The van der Waals surface area contributed by atoms with Crippen molar-refractivity contribution in [3.05, 3.63) is 57.6 Å². The molecule has 0 fully saturated rings. The van der Waals surface area contributed by atoms with Crippen molar-refractivity contribution in [3.63, 3.8) is 0 Å². The fraction of sp³-hybridized carbons (Fsp3) is 0.143. The molecule has 0 unspecified atom stereocenters. The van der Waals surface area contributed by atoms with E-state index in [-0.39, 0.29) is 18.2 Å². The van der Waals surface area contributed by atoms with Gasteiger partial charge in [0.05, 0.1) is 0 Å². The minimum Gasteiger partial charge on any atom is -0.486 e. The summed E-state index contributed by atoms with van der Waals surface area (Å²) in [5.41, 5.74) is 7.45. The lowest BCUT2D eigenvalue weighted by Gasteiger charge is -2.10. The van der Waals surface area contributed by atoms with Gasteiger partial charge in [0.1, 0.15) is 12.4 Å². The first-order chi connectivity index (χ1) is 8.97. The Morgan fingerprint density at radius 2 is 1.95 bits per heavy atom. The predicted molar refractivity (Wildman–Crippen MR) is 74.0 cm³/mol. The van der Waals surface area contributed by atoms with Crippen LogP contribution in [0, 0.1) is 18.6 Å². The van der Waals surface area contributed by atoms with Crippen LogP contribution in [-0.2, 0) is 6.61 Å². The van der Waals surface area contributed by atoms with Crippen molar-refractivity contribution in [2.75, 3.05) is 5.73 Å². The summed E-state index contributed by atoms with van der Waals surface area (Å²) in [4.78, 5) is 0. The maximum absolute atomic E-state index is 13.6. The minimum atomic E-state index is -0.513. The van der Waals surface area contributed by atoms with Crippen LogP contribution in [0.15, 0.2) is 34.8 Å². The molecule has 19 heavy (non-hydrogen) atoms. The summed E-state index contributed by atoms with van der Waals surface area (Å²) in [6.07, 6.45) is 0. The lowest BCUT2D eigenvalue weighted by atomic mass is 10.2. The van der Waals surface area contributed by atoms with Crippen molar-refractivity contribution >= 4 is 21.6 Å². The van der Waals surface area contributed by atoms with Crippen LogP contribution in [0.25, 0.3) is 0 Å². The summed E-state index contributed by atoms with van der Waals surface area (Å²) in [7, 11) is 0. The van der Waals surface area contributed by atoms with Crippen LogP contribution in [-0.4, -0.2) is 0 Å². The van der Waals surface area contributed by atoms with Crippen molar-refractivity contribution in [2.24, 2.45) is 0 Å². The fourth-order valence-electron chi connectivity index (χ4n) is 1.58. The van der Waals surface area contributed by atoms with Crippen molar-refractivity contribution in [1.29, 1.82) is 0 Å². The van der Waals surface area contributed by atoms with Gasteiger partial charge in [-0.2, -0.15) is 0 Å². The van der Waals surface area contributed by atoms with E-state index in [1.807, 2.05) is 0 Å². The lowest BCUT2D eigenvalue weighted by molar-refractivity contribution is 0.289. The third-order valence-corrected chi connectivity index (χ3v) is 3.46. The van der Waals surface area contributed by atoms with Crippen LogP contribution < -0.4 is 10.5 Å².